The molecule has 134 valence electrons. The summed E-state index contributed by atoms with van der Waals surface area (Å²) in [6, 6.07) is 8.49. The molecule has 1 aliphatic carbocycles. The first-order valence-electron chi connectivity index (χ1n) is 8.63. The highest BCUT2D eigenvalue weighted by molar-refractivity contribution is 7.25. The minimum atomic E-state index is -0.722. The topological polar surface area (TPSA) is 53.2 Å². The smallest absolute Gasteiger partial charge is 0.182 e. The average molecular weight is 373 g/mol. The van der Waals surface area contributed by atoms with Crippen molar-refractivity contribution in [2.24, 2.45) is 11.8 Å². The van der Waals surface area contributed by atoms with Crippen molar-refractivity contribution in [1.82, 2.24) is 0 Å². The summed E-state index contributed by atoms with van der Waals surface area (Å²) in [5, 5.41) is 19.7. The molecule has 0 atom stereocenters. The lowest BCUT2D eigenvalue weighted by atomic mass is 9.83. The van der Waals surface area contributed by atoms with Crippen LogP contribution in [0.1, 0.15) is 25.7 Å². The van der Waals surface area contributed by atoms with Crippen molar-refractivity contribution in [2.75, 3.05) is 6.61 Å². The van der Waals surface area contributed by atoms with Crippen LogP contribution in [0.15, 0.2) is 24.3 Å². The highest BCUT2D eigenvalue weighted by Crippen LogP contribution is 2.41. The zero-order chi connectivity index (χ0) is 18.3. The van der Waals surface area contributed by atoms with Crippen LogP contribution in [0.4, 0.5) is 8.78 Å². The van der Waals surface area contributed by atoms with E-state index in [2.05, 4.69) is 6.07 Å². The molecule has 0 radical (unpaired) electrons. The molecule has 6 heteroatoms. The maximum absolute atomic E-state index is 14.9. The van der Waals surface area contributed by atoms with E-state index in [-0.39, 0.29) is 16.4 Å². The van der Waals surface area contributed by atoms with Gasteiger partial charge in [-0.15, -0.1) is 11.3 Å². The fourth-order valence-electron chi connectivity index (χ4n) is 3.59. The second-order valence-corrected chi connectivity index (χ2v) is 7.81. The van der Waals surface area contributed by atoms with Gasteiger partial charge in [-0.3, -0.25) is 0 Å². The lowest BCUT2D eigenvalue weighted by molar-refractivity contribution is 0.191. The van der Waals surface area contributed by atoms with Gasteiger partial charge in [0, 0.05) is 16.7 Å². The number of nitrogens with zero attached hydrogens (tertiary/aromatic N) is 1. The second-order valence-electron chi connectivity index (χ2n) is 6.79. The Morgan fingerprint density at radius 3 is 2.38 bits per heavy atom. The second kappa shape index (κ2) is 6.73. The van der Waals surface area contributed by atoms with E-state index in [1.807, 2.05) is 0 Å². The summed E-state index contributed by atoms with van der Waals surface area (Å²) in [7, 11) is 0. The van der Waals surface area contributed by atoms with Gasteiger partial charge in [0.05, 0.1) is 22.1 Å². The highest BCUT2D eigenvalue weighted by Gasteiger charge is 2.22. The molecule has 0 saturated heterocycles. The first-order valence-corrected chi connectivity index (χ1v) is 9.44. The summed E-state index contributed by atoms with van der Waals surface area (Å²) in [5.74, 6) is -1.03. The molecule has 1 fully saturated rings. The van der Waals surface area contributed by atoms with Crippen molar-refractivity contribution in [2.45, 2.75) is 25.7 Å². The molecular weight excluding hydrogens is 356 g/mol. The SMILES string of the molecule is N#CC1CCC(COc2ccc3c(sc4c(F)c(O)ccc43)c2F)CC1. The number of aromatic hydroxyl groups is 1. The standard InChI is InChI=1S/C20H17F2NO2S/c21-17-15(24)7-5-13-14-6-8-16(18(22)20(14)26-19(13)17)25-10-12-3-1-11(9-23)2-4-12/h5-8,11-12,24H,1-4,10H2. The van der Waals surface area contributed by atoms with Crippen molar-refractivity contribution >= 4 is 31.5 Å². The van der Waals surface area contributed by atoms with E-state index in [9.17, 15) is 13.9 Å². The molecule has 0 bridgehead atoms. The molecule has 0 aliphatic heterocycles. The minimum absolute atomic E-state index is 0.129. The summed E-state index contributed by atoms with van der Waals surface area (Å²) in [6.45, 7) is 0.417. The summed E-state index contributed by atoms with van der Waals surface area (Å²) in [4.78, 5) is 0. The van der Waals surface area contributed by atoms with Gasteiger partial charge >= 0.3 is 0 Å². The lowest BCUT2D eigenvalue weighted by Crippen LogP contribution is -2.19. The number of hydrogen-bond acceptors (Lipinski definition) is 4. The Kier molecular flexibility index (Phi) is 4.41. The van der Waals surface area contributed by atoms with Crippen LogP contribution in [-0.4, -0.2) is 11.7 Å². The maximum Gasteiger partial charge on any atom is 0.182 e. The number of halogens is 2. The lowest BCUT2D eigenvalue weighted by Gasteiger charge is -2.24. The van der Waals surface area contributed by atoms with E-state index < -0.39 is 17.4 Å². The van der Waals surface area contributed by atoms with E-state index >= 15 is 0 Å². The van der Waals surface area contributed by atoms with Gasteiger partial charge in [-0.05, 0) is 55.9 Å². The molecule has 3 aromatic rings. The summed E-state index contributed by atoms with van der Waals surface area (Å²) in [5.41, 5.74) is 0. The van der Waals surface area contributed by atoms with Crippen LogP contribution < -0.4 is 4.74 Å². The number of benzene rings is 2. The quantitative estimate of drug-likeness (QED) is 0.636. The predicted octanol–water partition coefficient (Wildman–Crippen LogP) is 5.75. The zero-order valence-corrected chi connectivity index (χ0v) is 14.8. The minimum Gasteiger partial charge on any atom is -0.505 e. The molecule has 1 heterocycles. The average Bonchev–Trinajstić information content (AvgIpc) is 3.05. The van der Waals surface area contributed by atoms with Gasteiger partial charge in [0.1, 0.15) is 0 Å². The van der Waals surface area contributed by atoms with Gasteiger partial charge < -0.3 is 9.84 Å². The largest absolute Gasteiger partial charge is 0.505 e. The first kappa shape index (κ1) is 17.0. The predicted molar refractivity (Wildman–Crippen MR) is 97.5 cm³/mol. The molecule has 1 aliphatic rings. The molecule has 0 unspecified atom stereocenters. The van der Waals surface area contributed by atoms with Crippen molar-refractivity contribution in [3.8, 4) is 17.6 Å². The van der Waals surface area contributed by atoms with Gasteiger partial charge in [-0.2, -0.15) is 5.26 Å². The van der Waals surface area contributed by atoms with Gasteiger partial charge in [-0.25, -0.2) is 8.78 Å². The third-order valence-electron chi connectivity index (χ3n) is 5.14. The van der Waals surface area contributed by atoms with Gasteiger partial charge in [0.25, 0.3) is 0 Å². The molecular formula is C20H17F2NO2S. The van der Waals surface area contributed by atoms with Crippen LogP contribution in [0.25, 0.3) is 20.2 Å². The monoisotopic (exact) mass is 373 g/mol. The maximum atomic E-state index is 14.9. The molecule has 1 saturated carbocycles. The van der Waals surface area contributed by atoms with Crippen LogP contribution in [0, 0.1) is 34.8 Å². The van der Waals surface area contributed by atoms with Crippen LogP contribution in [0.2, 0.25) is 0 Å². The molecule has 3 nitrogen and oxygen atoms in total. The van der Waals surface area contributed by atoms with E-state index in [1.54, 1.807) is 18.2 Å². The molecule has 2 aromatic carbocycles. The van der Waals surface area contributed by atoms with Crippen LogP contribution >= 0.6 is 11.3 Å². The normalized spacial score (nSPS) is 20.3. The number of phenolic OH excluding ortho intramolecular Hbond substituents is 1. The third-order valence-corrected chi connectivity index (χ3v) is 6.34. The number of ether oxygens (including phenoxy) is 1. The number of nitriles is 1. The summed E-state index contributed by atoms with van der Waals surface area (Å²) in [6.07, 6.45) is 3.56. The Morgan fingerprint density at radius 2 is 1.69 bits per heavy atom. The van der Waals surface area contributed by atoms with Gasteiger partial charge in [0.15, 0.2) is 23.1 Å². The number of thiophene rings is 1. The van der Waals surface area contributed by atoms with Crippen molar-refractivity contribution in [3.63, 3.8) is 0 Å². The molecule has 0 amide bonds. The molecule has 0 spiro atoms. The molecule has 1 aromatic heterocycles. The Hall–Kier alpha value is -2.39. The Labute approximate surface area is 153 Å². The van der Waals surface area contributed by atoms with Crippen LogP contribution in [-0.2, 0) is 0 Å². The Morgan fingerprint density at radius 1 is 1.04 bits per heavy atom. The fraction of sp³-hybridized carbons (Fsp3) is 0.350. The number of phenols is 1. The Balaban J connectivity index is 1.59. The number of rotatable bonds is 3. The van der Waals surface area contributed by atoms with Crippen LogP contribution in [0.5, 0.6) is 11.5 Å². The van der Waals surface area contributed by atoms with E-state index in [0.717, 1.165) is 37.0 Å². The number of hydrogen-bond donors (Lipinski definition) is 1. The molecule has 4 rings (SSSR count). The molecule has 26 heavy (non-hydrogen) atoms. The van der Waals surface area contributed by atoms with Crippen LogP contribution in [0.3, 0.4) is 0 Å². The van der Waals surface area contributed by atoms with Crippen molar-refractivity contribution in [3.05, 3.63) is 35.9 Å². The summed E-state index contributed by atoms with van der Waals surface area (Å²) >= 11 is 0.982. The van der Waals surface area contributed by atoms with E-state index in [4.69, 9.17) is 10.00 Å². The van der Waals surface area contributed by atoms with Gasteiger partial charge in [0.2, 0.25) is 0 Å². The van der Waals surface area contributed by atoms with Crippen molar-refractivity contribution < 1.29 is 18.6 Å². The van der Waals surface area contributed by atoms with Crippen molar-refractivity contribution in [1.29, 1.82) is 5.26 Å². The highest BCUT2D eigenvalue weighted by atomic mass is 32.1. The Bertz CT molecular complexity index is 1020. The van der Waals surface area contributed by atoms with Gasteiger partial charge in [-0.1, -0.05) is 0 Å². The molecule has 1 N–H and O–H groups in total. The first-order chi connectivity index (χ1) is 12.6. The summed E-state index contributed by atoms with van der Waals surface area (Å²) < 4.78 is 35.3. The number of fused-ring (bicyclic) bond motifs is 3. The fourth-order valence-corrected chi connectivity index (χ4v) is 4.75. The van der Waals surface area contributed by atoms with E-state index in [1.165, 1.54) is 6.07 Å². The zero-order valence-electron chi connectivity index (χ0n) is 14.0. The third kappa shape index (κ3) is 2.86. The van der Waals surface area contributed by atoms with E-state index in [0.29, 0.717) is 28.0 Å².